The molecule has 0 saturated heterocycles. The van der Waals surface area contributed by atoms with Crippen molar-refractivity contribution in [1.29, 1.82) is 0 Å². The minimum Gasteiger partial charge on any atom is -0.497 e. The zero-order chi connectivity index (χ0) is 21.5. The Kier molecular flexibility index (Phi) is 7.11. The van der Waals surface area contributed by atoms with Gasteiger partial charge in [-0.05, 0) is 42.5 Å². The van der Waals surface area contributed by atoms with E-state index in [9.17, 15) is 9.59 Å². The number of rotatable bonds is 6. The highest BCUT2D eigenvalue weighted by molar-refractivity contribution is 6.40. The summed E-state index contributed by atoms with van der Waals surface area (Å²) in [6.07, 6.45) is 1.55. The van der Waals surface area contributed by atoms with Crippen LogP contribution in [0.15, 0.2) is 64.0 Å². The number of hydrogen-bond acceptors (Lipinski definition) is 5. The number of amides is 2. The molecule has 0 fully saturated rings. The van der Waals surface area contributed by atoms with Gasteiger partial charge in [0, 0.05) is 21.8 Å². The summed E-state index contributed by atoms with van der Waals surface area (Å²) in [7, 11) is 1.58. The molecule has 3 aromatic rings. The number of aliphatic imine (C=N–C) groups is 1. The second-order valence-corrected chi connectivity index (χ2v) is 6.93. The SMILES string of the molecule is COc1cccc(N=Cc2ccc(CNC(=O)C(=O)Nc3cc(Cl)cc(Cl)c3)o2)c1. The summed E-state index contributed by atoms with van der Waals surface area (Å²) < 4.78 is 10.7. The fraction of sp³-hybridized carbons (Fsp3) is 0.0952. The van der Waals surface area contributed by atoms with Crippen LogP contribution in [0.3, 0.4) is 0 Å². The number of methoxy groups -OCH3 is 1. The number of anilines is 1. The predicted molar refractivity (Wildman–Crippen MR) is 116 cm³/mol. The quantitative estimate of drug-likeness (QED) is 0.428. The van der Waals surface area contributed by atoms with Crippen molar-refractivity contribution in [1.82, 2.24) is 5.32 Å². The van der Waals surface area contributed by atoms with Gasteiger partial charge in [-0.2, -0.15) is 0 Å². The van der Waals surface area contributed by atoms with Crippen LogP contribution in [0, 0.1) is 0 Å². The average molecular weight is 446 g/mol. The van der Waals surface area contributed by atoms with Crippen molar-refractivity contribution in [3.05, 3.63) is 76.2 Å². The van der Waals surface area contributed by atoms with Gasteiger partial charge >= 0.3 is 11.8 Å². The molecule has 9 heteroatoms. The Morgan fingerprint density at radius 3 is 2.57 bits per heavy atom. The zero-order valence-corrected chi connectivity index (χ0v) is 17.3. The molecule has 2 aromatic carbocycles. The van der Waals surface area contributed by atoms with Crippen LogP contribution in [-0.2, 0) is 16.1 Å². The van der Waals surface area contributed by atoms with Gasteiger partial charge < -0.3 is 19.8 Å². The summed E-state index contributed by atoms with van der Waals surface area (Å²) in [5, 5.41) is 5.60. The topological polar surface area (TPSA) is 92.9 Å². The minimum atomic E-state index is -0.847. The van der Waals surface area contributed by atoms with E-state index in [0.29, 0.717) is 38.7 Å². The predicted octanol–water partition coefficient (Wildman–Crippen LogP) is 4.60. The van der Waals surface area contributed by atoms with Crippen LogP contribution in [0.25, 0.3) is 0 Å². The van der Waals surface area contributed by atoms with Gasteiger partial charge in [0.25, 0.3) is 0 Å². The van der Waals surface area contributed by atoms with Crippen molar-refractivity contribution in [2.75, 3.05) is 12.4 Å². The third kappa shape index (κ3) is 6.10. The van der Waals surface area contributed by atoms with Crippen LogP contribution in [-0.4, -0.2) is 25.1 Å². The summed E-state index contributed by atoms with van der Waals surface area (Å²) >= 11 is 11.7. The van der Waals surface area contributed by atoms with Gasteiger partial charge in [0.15, 0.2) is 0 Å². The number of furan rings is 1. The smallest absolute Gasteiger partial charge is 0.313 e. The highest BCUT2D eigenvalue weighted by Crippen LogP contribution is 2.22. The number of carbonyl (C=O) groups is 2. The van der Waals surface area contributed by atoms with Gasteiger partial charge in [-0.25, -0.2) is 0 Å². The average Bonchev–Trinajstić information content (AvgIpc) is 3.17. The number of carbonyl (C=O) groups excluding carboxylic acids is 2. The largest absolute Gasteiger partial charge is 0.497 e. The van der Waals surface area contributed by atoms with E-state index in [1.54, 1.807) is 31.5 Å². The molecular formula is C21H17Cl2N3O4. The number of nitrogens with one attached hydrogen (secondary N) is 2. The van der Waals surface area contributed by atoms with Crippen molar-refractivity contribution in [3.63, 3.8) is 0 Å². The van der Waals surface area contributed by atoms with Gasteiger partial charge in [-0.3, -0.25) is 14.6 Å². The number of halogens is 2. The molecule has 0 unspecified atom stereocenters. The van der Waals surface area contributed by atoms with Gasteiger partial charge in [-0.15, -0.1) is 0 Å². The molecule has 1 heterocycles. The molecule has 0 aliphatic carbocycles. The molecule has 0 spiro atoms. The van der Waals surface area contributed by atoms with Gasteiger partial charge in [-0.1, -0.05) is 29.3 Å². The van der Waals surface area contributed by atoms with E-state index >= 15 is 0 Å². The number of ether oxygens (including phenoxy) is 1. The Labute approximate surface area is 182 Å². The molecule has 7 nitrogen and oxygen atoms in total. The van der Waals surface area contributed by atoms with Crippen LogP contribution in [0.1, 0.15) is 11.5 Å². The molecule has 2 amide bonds. The Balaban J connectivity index is 1.53. The molecular weight excluding hydrogens is 429 g/mol. The standard InChI is InChI=1S/C21H17Cl2N3O4/c1-29-17-4-2-3-15(10-17)24-11-18-5-6-19(30-18)12-25-20(27)21(28)26-16-8-13(22)7-14(23)9-16/h2-11H,12H2,1H3,(H,25,27)(H,26,28). The molecule has 0 radical (unpaired) electrons. The zero-order valence-electron chi connectivity index (χ0n) is 15.8. The van der Waals surface area contributed by atoms with E-state index < -0.39 is 11.8 Å². The van der Waals surface area contributed by atoms with Crippen LogP contribution >= 0.6 is 23.2 Å². The molecule has 0 atom stereocenters. The Bertz CT molecular complexity index is 1080. The van der Waals surface area contributed by atoms with Crippen molar-refractivity contribution in [2.45, 2.75) is 6.54 Å². The Hall–Kier alpha value is -3.29. The molecule has 30 heavy (non-hydrogen) atoms. The first-order valence-corrected chi connectivity index (χ1v) is 9.50. The van der Waals surface area contributed by atoms with Crippen LogP contribution in [0.4, 0.5) is 11.4 Å². The van der Waals surface area contributed by atoms with E-state index in [1.807, 2.05) is 18.2 Å². The maximum atomic E-state index is 12.0. The first-order valence-electron chi connectivity index (χ1n) is 8.75. The van der Waals surface area contributed by atoms with Crippen molar-refractivity contribution in [2.24, 2.45) is 4.99 Å². The van der Waals surface area contributed by atoms with Gasteiger partial charge in [0.1, 0.15) is 17.3 Å². The normalized spacial score (nSPS) is 10.8. The van der Waals surface area contributed by atoms with Gasteiger partial charge in [0.2, 0.25) is 0 Å². The lowest BCUT2D eigenvalue weighted by molar-refractivity contribution is -0.136. The molecule has 154 valence electrons. The minimum absolute atomic E-state index is 0.0373. The maximum Gasteiger partial charge on any atom is 0.313 e. The van der Waals surface area contributed by atoms with E-state index in [4.69, 9.17) is 32.4 Å². The summed E-state index contributed by atoms with van der Waals surface area (Å²) in [6.45, 7) is 0.0373. The first-order chi connectivity index (χ1) is 14.4. The maximum absolute atomic E-state index is 12.0. The number of benzene rings is 2. The molecule has 0 bridgehead atoms. The second kappa shape index (κ2) is 9.96. The second-order valence-electron chi connectivity index (χ2n) is 6.06. The summed E-state index contributed by atoms with van der Waals surface area (Å²) in [5.41, 5.74) is 1.03. The number of nitrogens with zero attached hydrogens (tertiary/aromatic N) is 1. The van der Waals surface area contributed by atoms with Crippen molar-refractivity contribution < 1.29 is 18.7 Å². The van der Waals surface area contributed by atoms with Crippen LogP contribution in [0.5, 0.6) is 5.75 Å². The van der Waals surface area contributed by atoms with Gasteiger partial charge in [0.05, 0.1) is 25.6 Å². The molecule has 0 saturated carbocycles. The van der Waals surface area contributed by atoms with E-state index in [-0.39, 0.29) is 6.54 Å². The molecule has 2 N–H and O–H groups in total. The Morgan fingerprint density at radius 2 is 1.83 bits per heavy atom. The van der Waals surface area contributed by atoms with E-state index in [0.717, 1.165) is 0 Å². The summed E-state index contributed by atoms with van der Waals surface area (Å²) in [4.78, 5) is 28.3. The number of hydrogen-bond donors (Lipinski definition) is 2. The monoisotopic (exact) mass is 445 g/mol. The summed E-state index contributed by atoms with van der Waals surface area (Å²) in [5.74, 6) is -0.00579. The highest BCUT2D eigenvalue weighted by atomic mass is 35.5. The Morgan fingerprint density at radius 1 is 1.07 bits per heavy atom. The fourth-order valence-corrected chi connectivity index (χ4v) is 2.98. The lowest BCUT2D eigenvalue weighted by atomic mass is 10.3. The van der Waals surface area contributed by atoms with Crippen LogP contribution < -0.4 is 15.4 Å². The molecule has 3 rings (SSSR count). The third-order valence-corrected chi connectivity index (χ3v) is 4.26. The van der Waals surface area contributed by atoms with Crippen LogP contribution in [0.2, 0.25) is 10.0 Å². The fourth-order valence-electron chi connectivity index (χ4n) is 2.45. The molecule has 0 aliphatic heterocycles. The van der Waals surface area contributed by atoms with E-state index in [2.05, 4.69) is 15.6 Å². The van der Waals surface area contributed by atoms with Crippen molar-refractivity contribution in [3.8, 4) is 5.75 Å². The summed E-state index contributed by atoms with van der Waals surface area (Å²) in [6, 6.07) is 15.1. The first kappa shape index (κ1) is 21.4. The molecule has 1 aromatic heterocycles. The highest BCUT2D eigenvalue weighted by Gasteiger charge is 2.14. The van der Waals surface area contributed by atoms with E-state index in [1.165, 1.54) is 18.2 Å². The molecule has 0 aliphatic rings. The third-order valence-electron chi connectivity index (χ3n) is 3.83. The lowest BCUT2D eigenvalue weighted by Crippen LogP contribution is -2.34. The van der Waals surface area contributed by atoms with Crippen molar-refractivity contribution >= 4 is 52.6 Å². The lowest BCUT2D eigenvalue weighted by Gasteiger charge is -2.06.